The number of halogens is 4. The van der Waals surface area contributed by atoms with Gasteiger partial charge >= 0.3 is 11.9 Å². The summed E-state index contributed by atoms with van der Waals surface area (Å²) in [6.07, 6.45) is -4.88. The molecule has 0 radical (unpaired) electrons. The molecule has 78 valence electrons. The van der Waals surface area contributed by atoms with Crippen molar-refractivity contribution in [3.63, 3.8) is 0 Å². The minimum absolute atomic E-state index is 0.600. The van der Waals surface area contributed by atoms with Crippen molar-refractivity contribution in [2.45, 2.75) is 6.18 Å². The van der Waals surface area contributed by atoms with Gasteiger partial charge in [-0.3, -0.25) is 14.8 Å². The monoisotopic (exact) mass is 229 g/mol. The Kier molecular flexibility index (Phi) is 2.40. The molecule has 0 saturated carbocycles. The second kappa shape index (κ2) is 3.12. The summed E-state index contributed by atoms with van der Waals surface area (Å²) in [6, 6.07) is 0. The second-order valence-corrected chi connectivity index (χ2v) is 2.72. The van der Waals surface area contributed by atoms with Gasteiger partial charge in [-0.2, -0.15) is 18.3 Å². The molecule has 1 aromatic heterocycles. The summed E-state index contributed by atoms with van der Waals surface area (Å²) in [5, 5.41) is 12.5. The van der Waals surface area contributed by atoms with E-state index in [1.165, 1.54) is 0 Å². The molecule has 9 heteroatoms. The molecule has 0 aromatic carbocycles. The Morgan fingerprint density at radius 2 is 2.07 bits per heavy atom. The van der Waals surface area contributed by atoms with Gasteiger partial charge in [0, 0.05) is 7.05 Å². The van der Waals surface area contributed by atoms with E-state index in [0.29, 0.717) is 4.68 Å². The highest BCUT2D eigenvalue weighted by Crippen LogP contribution is 2.38. The minimum Gasteiger partial charge on any atom is -0.258 e. The van der Waals surface area contributed by atoms with E-state index in [9.17, 15) is 23.3 Å². The third-order valence-electron chi connectivity index (χ3n) is 1.40. The van der Waals surface area contributed by atoms with Crippen LogP contribution in [0.3, 0.4) is 0 Å². The Labute approximate surface area is 80.2 Å². The van der Waals surface area contributed by atoms with Crippen molar-refractivity contribution >= 4 is 17.3 Å². The molecule has 0 unspecified atom stereocenters. The number of hydrogen-bond acceptors (Lipinski definition) is 3. The van der Waals surface area contributed by atoms with Gasteiger partial charge in [0.15, 0.2) is 0 Å². The Hall–Kier alpha value is -1.31. The predicted octanol–water partition coefficient (Wildman–Crippen LogP) is 2.00. The Bertz CT molecular complexity index is 386. The van der Waals surface area contributed by atoms with Crippen LogP contribution >= 0.6 is 11.6 Å². The molecule has 14 heavy (non-hydrogen) atoms. The van der Waals surface area contributed by atoms with E-state index in [2.05, 4.69) is 5.10 Å². The molecular formula is C5H3ClF3N3O2. The van der Waals surface area contributed by atoms with Crippen LogP contribution in [0, 0.1) is 10.1 Å². The first-order valence-corrected chi connectivity index (χ1v) is 3.57. The Morgan fingerprint density at radius 1 is 1.57 bits per heavy atom. The number of hydrogen-bond donors (Lipinski definition) is 0. The molecule has 0 N–H and O–H groups in total. The topological polar surface area (TPSA) is 61.0 Å². The van der Waals surface area contributed by atoms with E-state index in [0.717, 1.165) is 7.05 Å². The first-order chi connectivity index (χ1) is 6.25. The van der Waals surface area contributed by atoms with Crippen molar-refractivity contribution < 1.29 is 18.1 Å². The number of nitrogens with zero attached hydrogens (tertiary/aromatic N) is 3. The van der Waals surface area contributed by atoms with E-state index in [1.807, 2.05) is 0 Å². The molecule has 0 spiro atoms. The standard InChI is InChI=1S/C5H3ClF3N3O2/c1-11-4(6)2(12(13)14)3(10-11)5(7,8)9/h1H3. The molecule has 0 aliphatic carbocycles. The van der Waals surface area contributed by atoms with Crippen LogP contribution in [0.2, 0.25) is 5.15 Å². The zero-order chi connectivity index (χ0) is 11.1. The van der Waals surface area contributed by atoms with Crippen LogP contribution in [-0.4, -0.2) is 14.7 Å². The highest BCUT2D eigenvalue weighted by atomic mass is 35.5. The maximum atomic E-state index is 12.2. The van der Waals surface area contributed by atoms with Crippen LogP contribution in [0.4, 0.5) is 18.9 Å². The van der Waals surface area contributed by atoms with Gasteiger partial charge in [0.1, 0.15) is 0 Å². The van der Waals surface area contributed by atoms with Gasteiger partial charge in [0.2, 0.25) is 10.8 Å². The van der Waals surface area contributed by atoms with E-state index >= 15 is 0 Å². The van der Waals surface area contributed by atoms with Gasteiger partial charge in [-0.25, -0.2) is 0 Å². The molecule has 0 bridgehead atoms. The van der Waals surface area contributed by atoms with Crippen LogP contribution in [-0.2, 0) is 13.2 Å². The van der Waals surface area contributed by atoms with Crippen molar-refractivity contribution in [3.8, 4) is 0 Å². The fourth-order valence-electron chi connectivity index (χ4n) is 0.845. The van der Waals surface area contributed by atoms with Gasteiger partial charge in [-0.15, -0.1) is 0 Å². The van der Waals surface area contributed by atoms with Crippen LogP contribution < -0.4 is 0 Å². The molecule has 1 rings (SSSR count). The van der Waals surface area contributed by atoms with Gasteiger partial charge in [-0.1, -0.05) is 11.6 Å². The first-order valence-electron chi connectivity index (χ1n) is 3.19. The third-order valence-corrected chi connectivity index (χ3v) is 1.83. The quantitative estimate of drug-likeness (QED) is 0.547. The number of aromatic nitrogens is 2. The number of aryl methyl sites for hydroxylation is 1. The van der Waals surface area contributed by atoms with Crippen molar-refractivity contribution in [2.24, 2.45) is 7.05 Å². The molecule has 0 atom stereocenters. The lowest BCUT2D eigenvalue weighted by Crippen LogP contribution is -2.09. The van der Waals surface area contributed by atoms with Gasteiger partial charge in [0.05, 0.1) is 4.92 Å². The lowest BCUT2D eigenvalue weighted by Gasteiger charge is -1.99. The van der Waals surface area contributed by atoms with Crippen LogP contribution in [0.15, 0.2) is 0 Å². The Balaban J connectivity index is 3.45. The van der Waals surface area contributed by atoms with Gasteiger partial charge in [-0.05, 0) is 0 Å². The largest absolute Gasteiger partial charge is 0.442 e. The summed E-state index contributed by atoms with van der Waals surface area (Å²) in [4.78, 5) is 9.06. The maximum absolute atomic E-state index is 12.2. The zero-order valence-corrected chi connectivity index (χ0v) is 7.43. The molecular weight excluding hydrogens is 227 g/mol. The van der Waals surface area contributed by atoms with Gasteiger partial charge in [0.25, 0.3) is 0 Å². The maximum Gasteiger partial charge on any atom is 0.442 e. The normalized spacial score (nSPS) is 11.8. The predicted molar refractivity (Wildman–Crippen MR) is 39.9 cm³/mol. The molecule has 0 saturated heterocycles. The highest BCUT2D eigenvalue weighted by molar-refractivity contribution is 6.31. The lowest BCUT2D eigenvalue weighted by molar-refractivity contribution is -0.388. The summed E-state index contributed by atoms with van der Waals surface area (Å²) in [7, 11) is 1.09. The second-order valence-electron chi connectivity index (χ2n) is 2.37. The highest BCUT2D eigenvalue weighted by Gasteiger charge is 2.44. The van der Waals surface area contributed by atoms with Crippen molar-refractivity contribution in [1.29, 1.82) is 0 Å². The minimum atomic E-state index is -4.88. The smallest absolute Gasteiger partial charge is 0.258 e. The van der Waals surface area contributed by atoms with E-state index in [4.69, 9.17) is 11.6 Å². The third kappa shape index (κ3) is 1.65. The first kappa shape index (κ1) is 10.8. The average molecular weight is 230 g/mol. The van der Waals surface area contributed by atoms with Crippen LogP contribution in [0.1, 0.15) is 5.69 Å². The Morgan fingerprint density at radius 3 is 2.36 bits per heavy atom. The van der Waals surface area contributed by atoms with Gasteiger partial charge < -0.3 is 0 Å². The lowest BCUT2D eigenvalue weighted by atomic mass is 10.4. The molecule has 5 nitrogen and oxygen atoms in total. The fourth-order valence-corrected chi connectivity index (χ4v) is 1.04. The fraction of sp³-hybridized carbons (Fsp3) is 0.400. The molecule has 0 aliphatic rings. The van der Waals surface area contributed by atoms with Crippen molar-refractivity contribution in [2.75, 3.05) is 0 Å². The van der Waals surface area contributed by atoms with E-state index < -0.39 is 27.6 Å². The van der Waals surface area contributed by atoms with Crippen LogP contribution in [0.25, 0.3) is 0 Å². The number of nitro groups is 1. The van der Waals surface area contributed by atoms with E-state index in [1.54, 1.807) is 0 Å². The summed E-state index contributed by atoms with van der Waals surface area (Å²) >= 11 is 5.27. The summed E-state index contributed by atoms with van der Waals surface area (Å²) in [5.41, 5.74) is -2.81. The van der Waals surface area contributed by atoms with Crippen molar-refractivity contribution in [3.05, 3.63) is 21.0 Å². The van der Waals surface area contributed by atoms with Crippen molar-refractivity contribution in [1.82, 2.24) is 9.78 Å². The summed E-state index contributed by atoms with van der Waals surface area (Å²) in [6.45, 7) is 0. The molecule has 1 aromatic rings. The van der Waals surface area contributed by atoms with E-state index in [-0.39, 0.29) is 0 Å². The number of rotatable bonds is 1. The summed E-state index contributed by atoms with van der Waals surface area (Å²) < 4.78 is 37.1. The average Bonchev–Trinajstić information content (AvgIpc) is 2.27. The molecule has 0 aliphatic heterocycles. The zero-order valence-electron chi connectivity index (χ0n) is 6.67. The number of alkyl halides is 3. The molecule has 0 fully saturated rings. The molecule has 1 heterocycles. The molecule has 0 amide bonds. The van der Waals surface area contributed by atoms with Crippen LogP contribution in [0.5, 0.6) is 0 Å². The summed E-state index contributed by atoms with van der Waals surface area (Å²) in [5.74, 6) is 0. The SMILES string of the molecule is Cn1nc(C(F)(F)F)c([N+](=O)[O-])c1Cl.